The van der Waals surface area contributed by atoms with Gasteiger partial charge in [0.15, 0.2) is 0 Å². The first-order valence-electron chi connectivity index (χ1n) is 7.40. The lowest BCUT2D eigenvalue weighted by atomic mass is 9.94. The second-order valence-corrected chi connectivity index (χ2v) is 6.89. The van der Waals surface area contributed by atoms with E-state index in [1.54, 1.807) is 0 Å². The summed E-state index contributed by atoms with van der Waals surface area (Å²) in [6.45, 7) is 2.21. The van der Waals surface area contributed by atoms with Crippen molar-refractivity contribution < 1.29 is 0 Å². The third kappa shape index (κ3) is 2.80. The average Bonchev–Trinajstić information content (AvgIpc) is 3.10. The molecule has 0 aliphatic heterocycles. The number of rotatable bonds is 5. The van der Waals surface area contributed by atoms with E-state index in [9.17, 15) is 0 Å². The molecule has 1 aromatic heterocycles. The van der Waals surface area contributed by atoms with Crippen molar-refractivity contribution in [1.82, 2.24) is 5.43 Å². The van der Waals surface area contributed by atoms with Crippen LogP contribution in [-0.2, 0) is 25.7 Å². The van der Waals surface area contributed by atoms with Crippen LogP contribution in [0.25, 0.3) is 0 Å². The molecule has 1 atom stereocenters. The standard InChI is InChI=1S/C17H22N2S/c1-2-15-7-8-16(20-15)11-17(19-18)14-9-12-5-3-4-6-13(12)10-14/h3-8,14,17,19H,2,9-11,18H2,1H3. The quantitative estimate of drug-likeness (QED) is 0.655. The fourth-order valence-corrected chi connectivity index (χ4v) is 4.19. The van der Waals surface area contributed by atoms with Crippen molar-refractivity contribution in [2.45, 2.75) is 38.6 Å². The highest BCUT2D eigenvalue weighted by Gasteiger charge is 2.28. The van der Waals surface area contributed by atoms with E-state index in [0.717, 1.165) is 25.7 Å². The topological polar surface area (TPSA) is 38.0 Å². The summed E-state index contributed by atoms with van der Waals surface area (Å²) in [6, 6.07) is 13.7. The Morgan fingerprint density at radius 2 is 1.80 bits per heavy atom. The summed E-state index contributed by atoms with van der Waals surface area (Å²) in [5.74, 6) is 6.44. The van der Waals surface area contributed by atoms with Crippen LogP contribution in [0.3, 0.4) is 0 Å². The van der Waals surface area contributed by atoms with Crippen molar-refractivity contribution >= 4 is 11.3 Å². The number of thiophene rings is 1. The van der Waals surface area contributed by atoms with Gasteiger partial charge in [-0.3, -0.25) is 11.3 Å². The maximum absolute atomic E-state index is 5.83. The molecule has 0 radical (unpaired) electrons. The van der Waals surface area contributed by atoms with E-state index in [1.165, 1.54) is 20.9 Å². The SMILES string of the molecule is CCc1ccc(CC(NN)C2Cc3ccccc3C2)s1. The predicted molar refractivity (Wildman–Crippen MR) is 85.9 cm³/mol. The third-order valence-corrected chi connectivity index (χ3v) is 5.60. The van der Waals surface area contributed by atoms with Gasteiger partial charge in [-0.15, -0.1) is 11.3 Å². The van der Waals surface area contributed by atoms with Gasteiger partial charge >= 0.3 is 0 Å². The molecule has 0 saturated heterocycles. The molecule has 0 spiro atoms. The molecule has 3 heteroatoms. The maximum Gasteiger partial charge on any atom is 0.0293 e. The van der Waals surface area contributed by atoms with Crippen molar-refractivity contribution in [2.75, 3.05) is 0 Å². The van der Waals surface area contributed by atoms with Gasteiger partial charge in [0.2, 0.25) is 0 Å². The molecule has 3 N–H and O–H groups in total. The smallest absolute Gasteiger partial charge is 0.0293 e. The van der Waals surface area contributed by atoms with E-state index in [2.05, 4.69) is 48.7 Å². The van der Waals surface area contributed by atoms with Crippen molar-refractivity contribution in [3.63, 3.8) is 0 Å². The Kier molecular flexibility index (Phi) is 4.20. The molecule has 0 bridgehead atoms. The fraction of sp³-hybridized carbons (Fsp3) is 0.412. The first-order chi connectivity index (χ1) is 9.80. The minimum atomic E-state index is 0.366. The second-order valence-electron chi connectivity index (χ2n) is 5.64. The number of aryl methyl sites for hydroxylation is 1. The molecule has 0 saturated carbocycles. The Balaban J connectivity index is 1.69. The Morgan fingerprint density at radius 1 is 1.15 bits per heavy atom. The van der Waals surface area contributed by atoms with Gasteiger partial charge in [0.05, 0.1) is 0 Å². The van der Waals surface area contributed by atoms with E-state index in [4.69, 9.17) is 5.84 Å². The zero-order chi connectivity index (χ0) is 13.9. The summed E-state index contributed by atoms with van der Waals surface area (Å²) in [4.78, 5) is 2.91. The molecule has 1 heterocycles. The van der Waals surface area contributed by atoms with E-state index in [-0.39, 0.29) is 0 Å². The van der Waals surface area contributed by atoms with Gasteiger partial charge in [-0.2, -0.15) is 0 Å². The minimum absolute atomic E-state index is 0.366. The lowest BCUT2D eigenvalue weighted by Crippen LogP contribution is -2.42. The molecule has 1 unspecified atom stereocenters. The Bertz CT molecular complexity index is 551. The number of hydrazine groups is 1. The molecule has 1 aliphatic rings. The molecule has 1 aliphatic carbocycles. The largest absolute Gasteiger partial charge is 0.271 e. The van der Waals surface area contributed by atoms with E-state index < -0.39 is 0 Å². The lowest BCUT2D eigenvalue weighted by molar-refractivity contribution is 0.368. The number of hydrogen-bond acceptors (Lipinski definition) is 3. The van der Waals surface area contributed by atoms with Crippen molar-refractivity contribution in [3.8, 4) is 0 Å². The van der Waals surface area contributed by atoms with Gasteiger partial charge in [0, 0.05) is 15.8 Å². The highest BCUT2D eigenvalue weighted by Crippen LogP contribution is 2.30. The van der Waals surface area contributed by atoms with Crippen LogP contribution in [0.4, 0.5) is 0 Å². The normalized spacial score (nSPS) is 16.3. The van der Waals surface area contributed by atoms with Crippen LogP contribution in [0.2, 0.25) is 0 Å². The molecule has 2 aromatic rings. The highest BCUT2D eigenvalue weighted by atomic mass is 32.1. The molecular formula is C17H22N2S. The van der Waals surface area contributed by atoms with Gasteiger partial charge in [-0.1, -0.05) is 31.2 Å². The van der Waals surface area contributed by atoms with Crippen LogP contribution in [-0.4, -0.2) is 6.04 Å². The van der Waals surface area contributed by atoms with Gasteiger partial charge < -0.3 is 0 Å². The second kappa shape index (κ2) is 6.08. The number of benzene rings is 1. The molecule has 20 heavy (non-hydrogen) atoms. The molecule has 0 amide bonds. The van der Waals surface area contributed by atoms with Crippen molar-refractivity contribution in [2.24, 2.45) is 11.8 Å². The summed E-state index contributed by atoms with van der Waals surface area (Å²) < 4.78 is 0. The summed E-state index contributed by atoms with van der Waals surface area (Å²) >= 11 is 1.92. The van der Waals surface area contributed by atoms with Crippen molar-refractivity contribution in [1.29, 1.82) is 0 Å². The number of fused-ring (bicyclic) bond motifs is 1. The van der Waals surface area contributed by atoms with Crippen LogP contribution in [0.15, 0.2) is 36.4 Å². The van der Waals surface area contributed by atoms with E-state index in [0.29, 0.717) is 12.0 Å². The zero-order valence-electron chi connectivity index (χ0n) is 11.9. The fourth-order valence-electron chi connectivity index (χ4n) is 3.18. The summed E-state index contributed by atoms with van der Waals surface area (Å²) in [6.07, 6.45) is 4.47. The van der Waals surface area contributed by atoms with Crippen LogP contribution >= 0.6 is 11.3 Å². The average molecular weight is 286 g/mol. The van der Waals surface area contributed by atoms with Crippen LogP contribution in [0.1, 0.15) is 27.8 Å². The molecule has 1 aromatic carbocycles. The summed E-state index contributed by atoms with van der Waals surface area (Å²) in [5, 5.41) is 0. The first-order valence-corrected chi connectivity index (χ1v) is 8.22. The maximum atomic E-state index is 5.83. The summed E-state index contributed by atoms with van der Waals surface area (Å²) in [7, 11) is 0. The molecule has 0 fully saturated rings. The van der Waals surface area contributed by atoms with Gasteiger partial charge in [0.1, 0.15) is 0 Å². The first kappa shape index (κ1) is 13.8. The van der Waals surface area contributed by atoms with Crippen LogP contribution in [0.5, 0.6) is 0 Å². The Morgan fingerprint density at radius 3 is 2.35 bits per heavy atom. The monoisotopic (exact) mass is 286 g/mol. The number of nitrogens with one attached hydrogen (secondary N) is 1. The van der Waals surface area contributed by atoms with Gasteiger partial charge in [-0.05, 0) is 54.9 Å². The van der Waals surface area contributed by atoms with E-state index in [1.807, 2.05) is 11.3 Å². The molecular weight excluding hydrogens is 264 g/mol. The Labute approximate surface area is 125 Å². The number of nitrogens with two attached hydrogens (primary N) is 1. The number of hydrogen-bond donors (Lipinski definition) is 2. The third-order valence-electron chi connectivity index (χ3n) is 4.35. The minimum Gasteiger partial charge on any atom is -0.271 e. The molecule has 3 rings (SSSR count). The van der Waals surface area contributed by atoms with Gasteiger partial charge in [-0.25, -0.2) is 0 Å². The van der Waals surface area contributed by atoms with Gasteiger partial charge in [0.25, 0.3) is 0 Å². The predicted octanol–water partition coefficient (Wildman–Crippen LogP) is 3.10. The zero-order valence-corrected chi connectivity index (χ0v) is 12.7. The summed E-state index contributed by atoms with van der Waals surface area (Å²) in [5.41, 5.74) is 6.06. The van der Waals surface area contributed by atoms with Crippen molar-refractivity contribution in [3.05, 3.63) is 57.3 Å². The molecule has 2 nitrogen and oxygen atoms in total. The lowest BCUT2D eigenvalue weighted by Gasteiger charge is -2.22. The van der Waals surface area contributed by atoms with Crippen LogP contribution in [0, 0.1) is 5.92 Å². The molecule has 106 valence electrons. The van der Waals surface area contributed by atoms with E-state index >= 15 is 0 Å². The van der Waals surface area contributed by atoms with Crippen LogP contribution < -0.4 is 11.3 Å². The highest BCUT2D eigenvalue weighted by molar-refractivity contribution is 7.11. The Hall–Kier alpha value is -1.16.